The van der Waals surface area contributed by atoms with Crippen LogP contribution in [0.5, 0.6) is 0 Å². The lowest BCUT2D eigenvalue weighted by Crippen LogP contribution is -2.23. The molecular formula is C23H25N3O. The van der Waals surface area contributed by atoms with Gasteiger partial charge in [0.05, 0.1) is 17.3 Å². The zero-order valence-corrected chi connectivity index (χ0v) is 15.5. The molecule has 0 aliphatic heterocycles. The van der Waals surface area contributed by atoms with Gasteiger partial charge in [0.1, 0.15) is 5.69 Å². The molecule has 0 unspecified atom stereocenters. The van der Waals surface area contributed by atoms with Crippen LogP contribution in [0.1, 0.15) is 83.2 Å². The maximum atomic E-state index is 13.2. The van der Waals surface area contributed by atoms with Crippen LogP contribution in [0.25, 0.3) is 0 Å². The van der Waals surface area contributed by atoms with Crippen molar-refractivity contribution in [3.8, 4) is 6.07 Å². The number of nitrogens with two attached hydrogens (primary N) is 1. The standard InChI is InChI=1S/C23H25N3O/c24-13-15-1-3-16(4-2-15)17-5-9-19(10-6-17)23(27)22-21(18-7-8-18)12-11-20(14-25)26-22/h1-4,11-12,17-19H,5-10,14,25H2. The quantitative estimate of drug-likeness (QED) is 0.800. The highest BCUT2D eigenvalue weighted by molar-refractivity contribution is 5.97. The van der Waals surface area contributed by atoms with E-state index in [1.165, 1.54) is 5.56 Å². The van der Waals surface area contributed by atoms with E-state index in [9.17, 15) is 4.79 Å². The number of hydrogen-bond acceptors (Lipinski definition) is 4. The van der Waals surface area contributed by atoms with E-state index < -0.39 is 0 Å². The molecule has 2 saturated carbocycles. The molecule has 2 aromatic rings. The van der Waals surface area contributed by atoms with Crippen LogP contribution < -0.4 is 5.73 Å². The lowest BCUT2D eigenvalue weighted by atomic mass is 9.76. The fourth-order valence-corrected chi connectivity index (χ4v) is 4.26. The van der Waals surface area contributed by atoms with Crippen LogP contribution in [0.2, 0.25) is 0 Å². The predicted octanol–water partition coefficient (Wildman–Crippen LogP) is 4.45. The molecule has 138 valence electrons. The van der Waals surface area contributed by atoms with Crippen LogP contribution in [-0.2, 0) is 6.54 Å². The van der Waals surface area contributed by atoms with E-state index >= 15 is 0 Å². The van der Waals surface area contributed by atoms with E-state index in [0.29, 0.717) is 29.6 Å². The summed E-state index contributed by atoms with van der Waals surface area (Å²) < 4.78 is 0. The SMILES string of the molecule is N#Cc1ccc(C2CCC(C(=O)c3nc(CN)ccc3C3CC3)CC2)cc1. The number of benzene rings is 1. The zero-order chi connectivity index (χ0) is 18.8. The van der Waals surface area contributed by atoms with Crippen molar-refractivity contribution >= 4 is 5.78 Å². The summed E-state index contributed by atoms with van der Waals surface area (Å²) in [5.41, 5.74) is 10.3. The Kier molecular flexibility index (Phi) is 5.05. The topological polar surface area (TPSA) is 79.8 Å². The number of rotatable bonds is 5. The van der Waals surface area contributed by atoms with Crippen LogP contribution in [0.4, 0.5) is 0 Å². The van der Waals surface area contributed by atoms with Crippen molar-refractivity contribution in [2.24, 2.45) is 11.7 Å². The molecule has 1 aromatic carbocycles. The molecule has 0 spiro atoms. The molecule has 4 nitrogen and oxygen atoms in total. The van der Waals surface area contributed by atoms with Gasteiger partial charge in [-0.3, -0.25) is 4.79 Å². The highest BCUT2D eigenvalue weighted by Gasteiger charge is 2.33. The first-order valence-corrected chi connectivity index (χ1v) is 9.93. The van der Waals surface area contributed by atoms with Gasteiger partial charge in [-0.15, -0.1) is 0 Å². The van der Waals surface area contributed by atoms with Crippen molar-refractivity contribution in [1.82, 2.24) is 4.98 Å². The van der Waals surface area contributed by atoms with Gasteiger partial charge >= 0.3 is 0 Å². The summed E-state index contributed by atoms with van der Waals surface area (Å²) in [5.74, 6) is 1.27. The lowest BCUT2D eigenvalue weighted by Gasteiger charge is -2.28. The maximum absolute atomic E-state index is 13.2. The molecule has 0 amide bonds. The number of carbonyl (C=O) groups excluding carboxylic acids is 1. The number of Topliss-reactive ketones (excluding diaryl/α,β-unsaturated/α-hetero) is 1. The summed E-state index contributed by atoms with van der Waals surface area (Å²) in [6.45, 7) is 0.372. The second-order valence-corrected chi connectivity index (χ2v) is 7.87. The second kappa shape index (κ2) is 7.62. The third-order valence-electron chi connectivity index (χ3n) is 6.05. The van der Waals surface area contributed by atoms with E-state index in [0.717, 1.165) is 49.8 Å². The summed E-state index contributed by atoms with van der Waals surface area (Å²) in [6, 6.07) is 14.1. The Labute approximate surface area is 160 Å². The van der Waals surface area contributed by atoms with Crippen molar-refractivity contribution in [2.75, 3.05) is 0 Å². The predicted molar refractivity (Wildman–Crippen MR) is 104 cm³/mol. The van der Waals surface area contributed by atoms with Gasteiger partial charge in [0.15, 0.2) is 5.78 Å². The molecule has 2 aliphatic rings. The number of hydrogen-bond donors (Lipinski definition) is 1. The Bertz CT molecular complexity index is 869. The monoisotopic (exact) mass is 359 g/mol. The molecule has 0 saturated heterocycles. The zero-order valence-electron chi connectivity index (χ0n) is 15.5. The Morgan fingerprint density at radius 3 is 2.26 bits per heavy atom. The van der Waals surface area contributed by atoms with E-state index in [1.54, 1.807) is 0 Å². The number of pyridine rings is 1. The van der Waals surface area contributed by atoms with Gasteiger partial charge < -0.3 is 5.73 Å². The number of nitriles is 1. The van der Waals surface area contributed by atoms with Gasteiger partial charge in [0.25, 0.3) is 0 Å². The molecule has 2 aliphatic carbocycles. The fourth-order valence-electron chi connectivity index (χ4n) is 4.26. The van der Waals surface area contributed by atoms with Crippen molar-refractivity contribution < 1.29 is 4.79 Å². The van der Waals surface area contributed by atoms with Gasteiger partial charge in [-0.05, 0) is 79.7 Å². The minimum absolute atomic E-state index is 0.0673. The number of aromatic nitrogens is 1. The average Bonchev–Trinajstić information content (AvgIpc) is 3.58. The largest absolute Gasteiger partial charge is 0.325 e. The normalized spacial score (nSPS) is 22.2. The third-order valence-corrected chi connectivity index (χ3v) is 6.05. The first-order valence-electron chi connectivity index (χ1n) is 9.93. The maximum Gasteiger partial charge on any atom is 0.184 e. The molecule has 2 fully saturated rings. The van der Waals surface area contributed by atoms with Gasteiger partial charge in [-0.1, -0.05) is 18.2 Å². The first kappa shape index (κ1) is 17.9. The molecule has 1 heterocycles. The van der Waals surface area contributed by atoms with Crippen LogP contribution in [0.3, 0.4) is 0 Å². The molecular weight excluding hydrogens is 334 g/mol. The molecule has 4 rings (SSSR count). The van der Waals surface area contributed by atoms with Crippen LogP contribution in [0.15, 0.2) is 36.4 Å². The summed E-state index contributed by atoms with van der Waals surface area (Å²) in [6.07, 6.45) is 6.16. The highest BCUT2D eigenvalue weighted by Crippen LogP contribution is 2.43. The number of carbonyl (C=O) groups is 1. The van der Waals surface area contributed by atoms with Crippen molar-refractivity contribution in [3.05, 3.63) is 64.5 Å². The minimum Gasteiger partial charge on any atom is -0.325 e. The molecule has 0 radical (unpaired) electrons. The lowest BCUT2D eigenvalue weighted by molar-refractivity contribution is 0.0877. The highest BCUT2D eigenvalue weighted by atomic mass is 16.1. The average molecular weight is 359 g/mol. The van der Waals surface area contributed by atoms with E-state index in [2.05, 4.69) is 29.3 Å². The molecule has 0 atom stereocenters. The van der Waals surface area contributed by atoms with E-state index in [1.807, 2.05) is 18.2 Å². The van der Waals surface area contributed by atoms with E-state index in [-0.39, 0.29) is 11.7 Å². The van der Waals surface area contributed by atoms with Crippen LogP contribution in [-0.4, -0.2) is 10.8 Å². The van der Waals surface area contributed by atoms with Crippen LogP contribution in [0, 0.1) is 17.2 Å². The van der Waals surface area contributed by atoms with E-state index in [4.69, 9.17) is 11.0 Å². The van der Waals surface area contributed by atoms with Crippen LogP contribution >= 0.6 is 0 Å². The Morgan fingerprint density at radius 2 is 1.67 bits per heavy atom. The number of ketones is 1. The number of nitrogens with zero attached hydrogens (tertiary/aromatic N) is 2. The van der Waals surface area contributed by atoms with Gasteiger partial charge in [0, 0.05) is 12.5 Å². The molecule has 4 heteroatoms. The Balaban J connectivity index is 1.46. The van der Waals surface area contributed by atoms with Crippen molar-refractivity contribution in [2.45, 2.75) is 56.9 Å². The smallest absolute Gasteiger partial charge is 0.184 e. The summed E-state index contributed by atoms with van der Waals surface area (Å²) in [4.78, 5) is 17.8. The molecule has 2 N–H and O–H groups in total. The summed E-state index contributed by atoms with van der Waals surface area (Å²) in [5, 5.41) is 8.94. The molecule has 1 aromatic heterocycles. The van der Waals surface area contributed by atoms with Crippen molar-refractivity contribution in [1.29, 1.82) is 5.26 Å². The molecule has 0 bridgehead atoms. The van der Waals surface area contributed by atoms with Gasteiger partial charge in [-0.2, -0.15) is 5.26 Å². The minimum atomic E-state index is 0.0673. The third kappa shape index (κ3) is 3.79. The van der Waals surface area contributed by atoms with Gasteiger partial charge in [-0.25, -0.2) is 4.98 Å². The van der Waals surface area contributed by atoms with Gasteiger partial charge in [0.2, 0.25) is 0 Å². The molecule has 27 heavy (non-hydrogen) atoms. The summed E-state index contributed by atoms with van der Waals surface area (Å²) in [7, 11) is 0. The Morgan fingerprint density at radius 1 is 1.00 bits per heavy atom. The fraction of sp³-hybridized carbons (Fsp3) is 0.435. The Hall–Kier alpha value is -2.51. The van der Waals surface area contributed by atoms with Crippen molar-refractivity contribution in [3.63, 3.8) is 0 Å². The summed E-state index contributed by atoms with van der Waals surface area (Å²) >= 11 is 0. The second-order valence-electron chi connectivity index (χ2n) is 7.87. The first-order chi connectivity index (χ1) is 13.2.